The van der Waals surface area contributed by atoms with Crippen LogP contribution in [-0.2, 0) is 15.6 Å². The number of hydrogen-bond acceptors (Lipinski definition) is 3. The molecular formula is C24H25O3S+. The van der Waals surface area contributed by atoms with Gasteiger partial charge < -0.3 is 9.47 Å². The summed E-state index contributed by atoms with van der Waals surface area (Å²) in [5.41, 5.74) is 0.0388. The number of carbonyl (C=O) groups excluding carboxylic acids is 1. The third-order valence-electron chi connectivity index (χ3n) is 3.99. The van der Waals surface area contributed by atoms with Crippen molar-refractivity contribution in [2.24, 2.45) is 0 Å². The molecule has 0 spiro atoms. The lowest BCUT2D eigenvalue weighted by Crippen LogP contribution is -2.23. The van der Waals surface area contributed by atoms with Gasteiger partial charge in [-0.05, 0) is 69.3 Å². The highest BCUT2D eigenvalue weighted by Crippen LogP contribution is 2.36. The Morgan fingerprint density at radius 1 is 0.786 bits per heavy atom. The Hall–Kier alpha value is -2.72. The Morgan fingerprint density at radius 3 is 1.96 bits per heavy atom. The number of esters is 1. The van der Waals surface area contributed by atoms with Gasteiger partial charge in [-0.2, -0.15) is 0 Å². The topological polar surface area (TPSA) is 35.5 Å². The van der Waals surface area contributed by atoms with Gasteiger partial charge in [0.15, 0.2) is 15.5 Å². The van der Waals surface area contributed by atoms with E-state index in [0.717, 1.165) is 15.5 Å². The van der Waals surface area contributed by atoms with E-state index in [9.17, 15) is 4.79 Å². The fraction of sp³-hybridized carbons (Fsp3) is 0.208. The zero-order valence-corrected chi connectivity index (χ0v) is 17.5. The lowest BCUT2D eigenvalue weighted by atomic mass is 10.2. The summed E-state index contributed by atoms with van der Waals surface area (Å²) in [5, 5.41) is 0. The normalized spacial score (nSPS) is 12.3. The molecule has 28 heavy (non-hydrogen) atoms. The maximum absolute atomic E-state index is 12.3. The second-order valence-electron chi connectivity index (χ2n) is 7.30. The fourth-order valence-corrected chi connectivity index (χ4v) is 4.98. The molecule has 1 atom stereocenters. The first kappa shape index (κ1) is 20.0. The number of rotatable bonds is 5. The predicted octanol–water partition coefficient (Wildman–Crippen LogP) is 5.75. The highest BCUT2D eigenvalue weighted by Gasteiger charge is 2.32. The van der Waals surface area contributed by atoms with Crippen molar-refractivity contribution in [3.8, 4) is 5.75 Å². The minimum atomic E-state index is -0.512. The second kappa shape index (κ2) is 8.53. The summed E-state index contributed by atoms with van der Waals surface area (Å²) in [6, 6.07) is 26.1. The van der Waals surface area contributed by atoms with Crippen LogP contribution in [0.2, 0.25) is 0 Å². The zero-order chi connectivity index (χ0) is 20.1. The van der Waals surface area contributed by atoms with Gasteiger partial charge in [-0.25, -0.2) is 4.79 Å². The van der Waals surface area contributed by atoms with Gasteiger partial charge in [-0.3, -0.25) is 0 Å². The molecule has 0 aliphatic carbocycles. The van der Waals surface area contributed by atoms with Gasteiger partial charge in [0, 0.05) is 0 Å². The van der Waals surface area contributed by atoms with Crippen LogP contribution in [0.4, 0.5) is 0 Å². The summed E-state index contributed by atoms with van der Waals surface area (Å²) in [5.74, 6) is 0.543. The fourth-order valence-electron chi connectivity index (χ4n) is 2.80. The van der Waals surface area contributed by atoms with E-state index in [0.29, 0.717) is 5.56 Å². The summed E-state index contributed by atoms with van der Waals surface area (Å²) in [6.07, 6.45) is 0. The Balaban J connectivity index is 2.01. The Morgan fingerprint density at radius 2 is 1.36 bits per heavy atom. The molecule has 0 saturated heterocycles. The van der Waals surface area contributed by atoms with Crippen LogP contribution >= 0.6 is 0 Å². The smallest absolute Gasteiger partial charge is 0.338 e. The molecule has 0 fully saturated rings. The average Bonchev–Trinajstić information content (AvgIpc) is 2.69. The number of para-hydroxylation sites is 1. The van der Waals surface area contributed by atoms with Crippen molar-refractivity contribution in [3.63, 3.8) is 0 Å². The van der Waals surface area contributed by atoms with Gasteiger partial charge in [0.1, 0.15) is 16.5 Å². The largest absolute Gasteiger partial charge is 0.491 e. The van der Waals surface area contributed by atoms with E-state index in [4.69, 9.17) is 9.47 Å². The van der Waals surface area contributed by atoms with Gasteiger partial charge in [0.25, 0.3) is 0 Å². The molecule has 144 valence electrons. The number of benzene rings is 3. The summed E-state index contributed by atoms with van der Waals surface area (Å²) < 4.78 is 11.1. The highest BCUT2D eigenvalue weighted by molar-refractivity contribution is 7.97. The maximum Gasteiger partial charge on any atom is 0.338 e. The van der Waals surface area contributed by atoms with E-state index in [1.54, 1.807) is 7.11 Å². The monoisotopic (exact) mass is 393 g/mol. The van der Waals surface area contributed by atoms with Crippen LogP contribution in [0, 0.1) is 0 Å². The summed E-state index contributed by atoms with van der Waals surface area (Å²) >= 11 is 0. The number of hydrogen-bond donors (Lipinski definition) is 0. The molecule has 0 bridgehead atoms. The minimum absolute atomic E-state index is 0.309. The molecule has 3 nitrogen and oxygen atoms in total. The average molecular weight is 394 g/mol. The Bertz CT molecular complexity index is 928. The van der Waals surface area contributed by atoms with Gasteiger partial charge in [-0.1, -0.05) is 30.3 Å². The van der Waals surface area contributed by atoms with E-state index >= 15 is 0 Å². The molecule has 0 radical (unpaired) electrons. The first-order valence-electron chi connectivity index (χ1n) is 9.15. The van der Waals surface area contributed by atoms with Crippen molar-refractivity contribution in [3.05, 3.63) is 84.4 Å². The van der Waals surface area contributed by atoms with E-state index in [2.05, 4.69) is 18.2 Å². The molecule has 0 aromatic heterocycles. The third kappa shape index (κ3) is 4.76. The van der Waals surface area contributed by atoms with Crippen molar-refractivity contribution in [2.45, 2.75) is 41.1 Å². The molecule has 3 rings (SSSR count). The Labute approximate surface area is 169 Å². The van der Waals surface area contributed by atoms with Crippen molar-refractivity contribution in [1.29, 1.82) is 0 Å². The predicted molar refractivity (Wildman–Crippen MR) is 113 cm³/mol. The minimum Gasteiger partial charge on any atom is -0.491 e. The SMILES string of the molecule is COc1ccccc1[S+](c1ccccc1)c1ccc(C(=O)OC(C)(C)C)cc1. The van der Waals surface area contributed by atoms with Gasteiger partial charge in [-0.15, -0.1) is 0 Å². The summed E-state index contributed by atoms with van der Waals surface area (Å²) in [4.78, 5) is 15.8. The molecule has 3 aromatic carbocycles. The molecule has 0 N–H and O–H groups in total. The van der Waals surface area contributed by atoms with E-state index in [1.807, 2.05) is 81.4 Å². The van der Waals surface area contributed by atoms with Crippen LogP contribution in [0.5, 0.6) is 5.75 Å². The molecule has 0 heterocycles. The first-order valence-corrected chi connectivity index (χ1v) is 10.4. The van der Waals surface area contributed by atoms with Gasteiger partial charge in [0.2, 0.25) is 4.90 Å². The summed E-state index contributed by atoms with van der Waals surface area (Å²) in [7, 11) is 1.35. The Kier molecular flexibility index (Phi) is 6.10. The number of ether oxygens (including phenoxy) is 2. The third-order valence-corrected chi connectivity index (χ3v) is 6.26. The van der Waals surface area contributed by atoms with E-state index in [-0.39, 0.29) is 16.9 Å². The molecule has 0 aliphatic heterocycles. The maximum atomic E-state index is 12.3. The number of carbonyl (C=O) groups is 1. The lowest BCUT2D eigenvalue weighted by Gasteiger charge is -2.19. The van der Waals surface area contributed by atoms with E-state index < -0.39 is 5.60 Å². The molecule has 3 aromatic rings. The van der Waals surface area contributed by atoms with Crippen LogP contribution in [0.25, 0.3) is 0 Å². The molecule has 0 saturated carbocycles. The van der Waals surface area contributed by atoms with Crippen molar-refractivity contribution in [1.82, 2.24) is 0 Å². The van der Waals surface area contributed by atoms with Gasteiger partial charge >= 0.3 is 5.97 Å². The standard InChI is InChI=1S/C24H25O3S/c1-24(2,3)27-23(25)18-14-16-20(17-15-18)28(19-10-6-5-7-11-19)22-13-9-8-12-21(22)26-4/h5-17H,1-4H3/q+1. The van der Waals surface area contributed by atoms with Crippen LogP contribution in [0.15, 0.2) is 93.5 Å². The zero-order valence-electron chi connectivity index (χ0n) is 16.6. The second-order valence-corrected chi connectivity index (χ2v) is 9.29. The quantitative estimate of drug-likeness (QED) is 0.409. The van der Waals surface area contributed by atoms with Crippen molar-refractivity contribution in [2.75, 3.05) is 7.11 Å². The highest BCUT2D eigenvalue weighted by atomic mass is 32.2. The summed E-state index contributed by atoms with van der Waals surface area (Å²) in [6.45, 7) is 5.61. The molecular weight excluding hydrogens is 368 g/mol. The van der Waals surface area contributed by atoms with Crippen LogP contribution in [-0.4, -0.2) is 18.7 Å². The van der Waals surface area contributed by atoms with Crippen molar-refractivity contribution >= 4 is 16.9 Å². The number of methoxy groups -OCH3 is 1. The molecule has 4 heteroatoms. The molecule has 0 amide bonds. The molecule has 1 unspecified atom stereocenters. The van der Waals surface area contributed by atoms with Crippen LogP contribution in [0.3, 0.4) is 0 Å². The van der Waals surface area contributed by atoms with Crippen LogP contribution < -0.4 is 4.74 Å². The first-order chi connectivity index (χ1) is 13.4. The van der Waals surface area contributed by atoms with Crippen LogP contribution in [0.1, 0.15) is 31.1 Å². The van der Waals surface area contributed by atoms with E-state index in [1.165, 1.54) is 4.90 Å². The molecule has 0 aliphatic rings. The van der Waals surface area contributed by atoms with Crippen molar-refractivity contribution < 1.29 is 14.3 Å². The van der Waals surface area contributed by atoms with Gasteiger partial charge in [0.05, 0.1) is 12.7 Å². The lowest BCUT2D eigenvalue weighted by molar-refractivity contribution is 0.00694.